The highest BCUT2D eigenvalue weighted by Crippen LogP contribution is 2.26. The van der Waals surface area contributed by atoms with Crippen LogP contribution >= 0.6 is 23.2 Å². The topological polar surface area (TPSA) is 44.9 Å². The van der Waals surface area contributed by atoms with E-state index in [2.05, 4.69) is 10.3 Å². The number of aromatic amines is 1. The van der Waals surface area contributed by atoms with Crippen molar-refractivity contribution in [3.8, 4) is 0 Å². The van der Waals surface area contributed by atoms with Gasteiger partial charge in [0.2, 0.25) is 5.91 Å². The summed E-state index contributed by atoms with van der Waals surface area (Å²) < 4.78 is 0. The van der Waals surface area contributed by atoms with Crippen molar-refractivity contribution in [2.45, 2.75) is 19.4 Å². The molecule has 1 amide bonds. The van der Waals surface area contributed by atoms with Crippen LogP contribution in [-0.2, 0) is 11.2 Å². The maximum atomic E-state index is 12.3. The van der Waals surface area contributed by atoms with E-state index in [-0.39, 0.29) is 11.9 Å². The molecule has 3 nitrogen and oxygen atoms in total. The highest BCUT2D eigenvalue weighted by molar-refractivity contribution is 6.35. The van der Waals surface area contributed by atoms with Gasteiger partial charge in [-0.05, 0) is 36.2 Å². The second-order valence-electron chi connectivity index (χ2n) is 5.49. The monoisotopic (exact) mass is 346 g/mol. The number of halogens is 2. The van der Waals surface area contributed by atoms with Crippen molar-refractivity contribution in [1.82, 2.24) is 10.3 Å². The van der Waals surface area contributed by atoms with E-state index < -0.39 is 0 Å². The molecule has 1 atom stereocenters. The number of hydrogen-bond acceptors (Lipinski definition) is 1. The molecule has 0 spiro atoms. The fraction of sp³-hybridized carbons (Fsp3) is 0.167. The van der Waals surface area contributed by atoms with Gasteiger partial charge in [0.05, 0.1) is 12.5 Å². The molecule has 0 unspecified atom stereocenters. The zero-order valence-electron chi connectivity index (χ0n) is 12.6. The molecule has 0 saturated heterocycles. The summed E-state index contributed by atoms with van der Waals surface area (Å²) in [5.74, 6) is -0.0479. The first-order valence-corrected chi connectivity index (χ1v) is 8.09. The van der Waals surface area contributed by atoms with Crippen molar-refractivity contribution in [2.75, 3.05) is 0 Å². The lowest BCUT2D eigenvalue weighted by atomic mass is 10.1. The van der Waals surface area contributed by atoms with E-state index in [0.29, 0.717) is 16.5 Å². The van der Waals surface area contributed by atoms with Crippen molar-refractivity contribution in [3.63, 3.8) is 0 Å². The van der Waals surface area contributed by atoms with Crippen molar-refractivity contribution < 1.29 is 4.79 Å². The molecule has 5 heteroatoms. The van der Waals surface area contributed by atoms with Crippen molar-refractivity contribution in [2.24, 2.45) is 0 Å². The minimum Gasteiger partial charge on any atom is -0.361 e. The van der Waals surface area contributed by atoms with Gasteiger partial charge in [0.1, 0.15) is 0 Å². The smallest absolute Gasteiger partial charge is 0.224 e. The predicted octanol–water partition coefficient (Wildman–Crippen LogP) is 4.89. The fourth-order valence-corrected chi connectivity index (χ4v) is 3.25. The SMILES string of the molecule is C[C@H](NC(=O)Cc1c[nH]c2ccccc12)c1ccc(Cl)cc1Cl. The molecule has 0 fully saturated rings. The van der Waals surface area contributed by atoms with Gasteiger partial charge in [-0.3, -0.25) is 4.79 Å². The van der Waals surface area contributed by atoms with E-state index >= 15 is 0 Å². The Bertz CT molecular complexity index is 857. The molecule has 2 aromatic carbocycles. The zero-order valence-corrected chi connectivity index (χ0v) is 14.1. The van der Waals surface area contributed by atoms with Gasteiger partial charge < -0.3 is 10.3 Å². The molecule has 23 heavy (non-hydrogen) atoms. The molecular formula is C18H16Cl2N2O. The van der Waals surface area contributed by atoms with E-state index in [4.69, 9.17) is 23.2 Å². The molecule has 0 aliphatic rings. The summed E-state index contributed by atoms with van der Waals surface area (Å²) in [4.78, 5) is 15.5. The molecule has 1 heterocycles. The van der Waals surface area contributed by atoms with Gasteiger partial charge in [-0.15, -0.1) is 0 Å². The predicted molar refractivity (Wildman–Crippen MR) is 95.0 cm³/mol. The first kappa shape index (κ1) is 15.9. The van der Waals surface area contributed by atoms with E-state index in [0.717, 1.165) is 22.0 Å². The van der Waals surface area contributed by atoms with Gasteiger partial charge in [0, 0.05) is 27.1 Å². The fourth-order valence-electron chi connectivity index (χ4n) is 2.67. The Hall–Kier alpha value is -1.97. The second kappa shape index (κ2) is 6.65. The van der Waals surface area contributed by atoms with Crippen LogP contribution in [-0.4, -0.2) is 10.9 Å². The van der Waals surface area contributed by atoms with Crippen LogP contribution in [0.1, 0.15) is 24.1 Å². The Balaban J connectivity index is 1.71. The van der Waals surface area contributed by atoms with Gasteiger partial charge in [-0.25, -0.2) is 0 Å². The van der Waals surface area contributed by atoms with Crippen LogP contribution in [0.15, 0.2) is 48.7 Å². The Morgan fingerprint density at radius 2 is 2.00 bits per heavy atom. The van der Waals surface area contributed by atoms with E-state index in [1.807, 2.05) is 43.5 Å². The minimum atomic E-state index is -0.183. The quantitative estimate of drug-likeness (QED) is 0.693. The molecule has 0 radical (unpaired) electrons. The number of aromatic nitrogens is 1. The molecule has 1 aromatic heterocycles. The third kappa shape index (κ3) is 3.52. The van der Waals surface area contributed by atoms with E-state index in [1.165, 1.54) is 0 Å². The normalized spacial score (nSPS) is 12.3. The van der Waals surface area contributed by atoms with Gasteiger partial charge >= 0.3 is 0 Å². The molecule has 0 aliphatic heterocycles. The van der Waals surface area contributed by atoms with Crippen molar-refractivity contribution in [3.05, 3.63) is 69.8 Å². The third-order valence-corrected chi connectivity index (χ3v) is 4.39. The van der Waals surface area contributed by atoms with E-state index in [1.54, 1.807) is 12.1 Å². The summed E-state index contributed by atoms with van der Waals surface area (Å²) in [6.07, 6.45) is 2.20. The Labute approximate surface area is 144 Å². The first-order valence-electron chi connectivity index (χ1n) is 7.34. The van der Waals surface area contributed by atoms with Gasteiger partial charge in [0.15, 0.2) is 0 Å². The summed E-state index contributed by atoms with van der Waals surface area (Å²) >= 11 is 12.1. The largest absolute Gasteiger partial charge is 0.361 e. The average Bonchev–Trinajstić information content (AvgIpc) is 2.90. The number of H-pyrrole nitrogens is 1. The summed E-state index contributed by atoms with van der Waals surface area (Å²) in [6, 6.07) is 13.0. The number of fused-ring (bicyclic) bond motifs is 1. The lowest BCUT2D eigenvalue weighted by molar-refractivity contribution is -0.121. The molecule has 2 N–H and O–H groups in total. The zero-order chi connectivity index (χ0) is 16.4. The third-order valence-electron chi connectivity index (χ3n) is 3.83. The number of carbonyl (C=O) groups excluding carboxylic acids is 1. The van der Waals surface area contributed by atoms with Crippen molar-refractivity contribution >= 4 is 40.0 Å². The number of nitrogens with one attached hydrogen (secondary N) is 2. The van der Waals surface area contributed by atoms with Crippen LogP contribution < -0.4 is 5.32 Å². The second-order valence-corrected chi connectivity index (χ2v) is 6.33. The number of amides is 1. The van der Waals surface area contributed by atoms with Crippen molar-refractivity contribution in [1.29, 1.82) is 0 Å². The van der Waals surface area contributed by atoms with Gasteiger partial charge in [0.25, 0.3) is 0 Å². The summed E-state index contributed by atoms with van der Waals surface area (Å²) in [5.41, 5.74) is 2.86. The molecule has 118 valence electrons. The Morgan fingerprint density at radius 3 is 2.78 bits per heavy atom. The molecule has 0 saturated carbocycles. The molecular weight excluding hydrogens is 331 g/mol. The summed E-state index contributed by atoms with van der Waals surface area (Å²) in [5, 5.41) is 5.18. The number of rotatable bonds is 4. The molecule has 3 aromatic rings. The minimum absolute atomic E-state index is 0.0479. The summed E-state index contributed by atoms with van der Waals surface area (Å²) in [6.45, 7) is 1.91. The first-order chi connectivity index (χ1) is 11.0. The standard InChI is InChI=1S/C18H16Cl2N2O/c1-11(14-7-6-13(19)9-16(14)20)22-18(23)8-12-10-21-17-5-3-2-4-15(12)17/h2-7,9-11,21H,8H2,1H3,(H,22,23)/t11-/m0/s1. The van der Waals surface area contributed by atoms with E-state index in [9.17, 15) is 4.79 Å². The van der Waals surface area contributed by atoms with Gasteiger partial charge in [-0.1, -0.05) is 47.5 Å². The molecule has 0 aliphatic carbocycles. The number of para-hydroxylation sites is 1. The lowest BCUT2D eigenvalue weighted by Gasteiger charge is -2.16. The highest BCUT2D eigenvalue weighted by Gasteiger charge is 2.14. The number of benzene rings is 2. The Kier molecular flexibility index (Phi) is 4.60. The molecule has 3 rings (SSSR count). The van der Waals surface area contributed by atoms with Crippen LogP contribution in [0.25, 0.3) is 10.9 Å². The van der Waals surface area contributed by atoms with Crippen LogP contribution in [0.3, 0.4) is 0 Å². The highest BCUT2D eigenvalue weighted by atomic mass is 35.5. The maximum absolute atomic E-state index is 12.3. The number of carbonyl (C=O) groups is 1. The van der Waals surface area contributed by atoms with Crippen LogP contribution in [0.4, 0.5) is 0 Å². The van der Waals surface area contributed by atoms with Crippen LogP contribution in [0.5, 0.6) is 0 Å². The summed E-state index contributed by atoms with van der Waals surface area (Å²) in [7, 11) is 0. The maximum Gasteiger partial charge on any atom is 0.224 e. The molecule has 0 bridgehead atoms. The van der Waals surface area contributed by atoms with Crippen LogP contribution in [0, 0.1) is 0 Å². The Morgan fingerprint density at radius 1 is 1.22 bits per heavy atom. The average molecular weight is 347 g/mol. The number of hydrogen-bond donors (Lipinski definition) is 2. The lowest BCUT2D eigenvalue weighted by Crippen LogP contribution is -2.28. The van der Waals surface area contributed by atoms with Gasteiger partial charge in [-0.2, -0.15) is 0 Å². The van der Waals surface area contributed by atoms with Crippen LogP contribution in [0.2, 0.25) is 10.0 Å².